The lowest BCUT2D eigenvalue weighted by Crippen LogP contribution is -2.42. The second-order valence-corrected chi connectivity index (χ2v) is 7.70. The molecular weight excluding hydrogens is 324 g/mol. The van der Waals surface area contributed by atoms with Crippen LogP contribution in [0.4, 0.5) is 5.95 Å². The van der Waals surface area contributed by atoms with Crippen molar-refractivity contribution in [1.29, 1.82) is 0 Å². The summed E-state index contributed by atoms with van der Waals surface area (Å²) in [5.74, 6) is 1.28. The SMILES string of the molecule is Cc1nc2n(n1)[C@H](c1cccc(Cl)c1)[C@H]1C(=O)CC(C)(C)C=C1N2. The van der Waals surface area contributed by atoms with E-state index in [4.69, 9.17) is 11.6 Å². The summed E-state index contributed by atoms with van der Waals surface area (Å²) in [4.78, 5) is 17.4. The molecule has 6 heteroatoms. The van der Waals surface area contributed by atoms with Gasteiger partial charge in [-0.1, -0.05) is 43.7 Å². The minimum absolute atomic E-state index is 0.161. The topological polar surface area (TPSA) is 59.8 Å². The predicted molar refractivity (Wildman–Crippen MR) is 93.0 cm³/mol. The average Bonchev–Trinajstić information content (AvgIpc) is 2.83. The van der Waals surface area contributed by atoms with Gasteiger partial charge in [-0.3, -0.25) is 4.79 Å². The number of nitrogens with one attached hydrogen (secondary N) is 1. The van der Waals surface area contributed by atoms with Crippen molar-refractivity contribution in [1.82, 2.24) is 14.8 Å². The molecule has 5 nitrogen and oxygen atoms in total. The summed E-state index contributed by atoms with van der Waals surface area (Å²) in [6.07, 6.45) is 2.67. The largest absolute Gasteiger partial charge is 0.328 e. The van der Waals surface area contributed by atoms with Gasteiger partial charge in [-0.25, -0.2) is 4.68 Å². The normalized spacial score (nSPS) is 24.7. The van der Waals surface area contributed by atoms with E-state index in [1.54, 1.807) is 0 Å². The van der Waals surface area contributed by atoms with Gasteiger partial charge in [-0.2, -0.15) is 10.1 Å². The summed E-state index contributed by atoms with van der Waals surface area (Å²) in [5, 5.41) is 8.49. The molecule has 1 aliphatic heterocycles. The van der Waals surface area contributed by atoms with Gasteiger partial charge in [0.15, 0.2) is 0 Å². The third kappa shape index (κ3) is 2.44. The fraction of sp³-hybridized carbons (Fsp3) is 0.389. The molecule has 0 unspecified atom stereocenters. The second kappa shape index (κ2) is 5.18. The molecule has 1 aromatic heterocycles. The molecule has 1 aromatic carbocycles. The molecule has 4 rings (SSSR count). The standard InChI is InChI=1S/C18H19ClN4O/c1-10-20-17-21-13-8-18(2,3)9-14(24)15(13)16(23(17)22-10)11-5-4-6-12(19)7-11/h4-8,15-16H,9H2,1-3H3,(H,20,21,22)/t15-,16-/m1/s1. The van der Waals surface area contributed by atoms with Crippen molar-refractivity contribution in [3.05, 3.63) is 52.4 Å². The lowest BCUT2D eigenvalue weighted by molar-refractivity contribution is -0.125. The summed E-state index contributed by atoms with van der Waals surface area (Å²) in [5.41, 5.74) is 1.73. The van der Waals surface area contributed by atoms with E-state index >= 15 is 0 Å². The van der Waals surface area contributed by atoms with E-state index < -0.39 is 0 Å². The number of halogens is 1. The van der Waals surface area contributed by atoms with Crippen LogP contribution in [-0.2, 0) is 4.79 Å². The van der Waals surface area contributed by atoms with Crippen molar-refractivity contribution in [2.45, 2.75) is 33.2 Å². The summed E-state index contributed by atoms with van der Waals surface area (Å²) in [7, 11) is 0. The van der Waals surface area contributed by atoms with Gasteiger partial charge >= 0.3 is 0 Å². The zero-order chi connectivity index (χ0) is 17.1. The summed E-state index contributed by atoms with van der Waals surface area (Å²) in [6, 6.07) is 7.42. The number of carbonyl (C=O) groups is 1. The minimum atomic E-state index is -0.287. The van der Waals surface area contributed by atoms with Crippen LogP contribution in [-0.4, -0.2) is 20.5 Å². The van der Waals surface area contributed by atoms with Crippen molar-refractivity contribution < 1.29 is 4.79 Å². The van der Waals surface area contributed by atoms with E-state index in [9.17, 15) is 4.79 Å². The molecule has 0 saturated carbocycles. The van der Waals surface area contributed by atoms with E-state index in [-0.39, 0.29) is 23.2 Å². The number of aryl methyl sites for hydroxylation is 1. The van der Waals surface area contributed by atoms with Crippen molar-refractivity contribution in [2.75, 3.05) is 5.32 Å². The number of allylic oxidation sites excluding steroid dienone is 2. The highest BCUT2D eigenvalue weighted by Crippen LogP contribution is 2.45. The Morgan fingerprint density at radius 1 is 1.38 bits per heavy atom. The van der Waals surface area contributed by atoms with E-state index in [0.29, 0.717) is 23.2 Å². The quantitative estimate of drug-likeness (QED) is 0.857. The highest BCUT2D eigenvalue weighted by atomic mass is 35.5. The fourth-order valence-electron chi connectivity index (χ4n) is 3.76. The molecule has 1 N–H and O–H groups in total. The molecule has 0 amide bonds. The van der Waals surface area contributed by atoms with Gasteiger partial charge in [0, 0.05) is 17.1 Å². The molecular formula is C18H19ClN4O. The van der Waals surface area contributed by atoms with Crippen LogP contribution in [0.1, 0.15) is 37.7 Å². The smallest absolute Gasteiger partial charge is 0.226 e. The van der Waals surface area contributed by atoms with Crippen LogP contribution in [0.3, 0.4) is 0 Å². The maximum Gasteiger partial charge on any atom is 0.226 e. The fourth-order valence-corrected chi connectivity index (χ4v) is 3.96. The number of hydrogen-bond acceptors (Lipinski definition) is 4. The highest BCUT2D eigenvalue weighted by molar-refractivity contribution is 6.30. The number of benzene rings is 1. The van der Waals surface area contributed by atoms with E-state index in [1.165, 1.54) is 0 Å². The van der Waals surface area contributed by atoms with Crippen LogP contribution < -0.4 is 5.32 Å². The molecule has 0 bridgehead atoms. The molecule has 2 atom stereocenters. The average molecular weight is 343 g/mol. The maximum atomic E-state index is 13.0. The van der Waals surface area contributed by atoms with E-state index in [0.717, 1.165) is 11.3 Å². The molecule has 2 heterocycles. The minimum Gasteiger partial charge on any atom is -0.328 e. The number of Topliss-reactive ketones (excluding diaryl/α,β-unsaturated/α-hetero) is 1. The van der Waals surface area contributed by atoms with Gasteiger partial charge < -0.3 is 5.32 Å². The third-order valence-corrected chi connectivity index (χ3v) is 4.86. The number of nitrogens with zero attached hydrogens (tertiary/aromatic N) is 3. The predicted octanol–water partition coefficient (Wildman–Crippen LogP) is 3.75. The Labute approximate surface area is 145 Å². The zero-order valence-electron chi connectivity index (χ0n) is 13.9. The Kier molecular flexibility index (Phi) is 3.32. The van der Waals surface area contributed by atoms with Crippen molar-refractivity contribution >= 4 is 23.3 Å². The summed E-state index contributed by atoms with van der Waals surface area (Å²) >= 11 is 6.19. The van der Waals surface area contributed by atoms with Gasteiger partial charge in [-0.05, 0) is 30.0 Å². The first-order valence-corrected chi connectivity index (χ1v) is 8.43. The highest BCUT2D eigenvalue weighted by Gasteiger charge is 2.44. The zero-order valence-corrected chi connectivity index (χ0v) is 14.6. The van der Waals surface area contributed by atoms with Crippen LogP contribution in [0.15, 0.2) is 36.0 Å². The first-order chi connectivity index (χ1) is 11.3. The molecule has 0 spiro atoms. The van der Waals surface area contributed by atoms with Crippen molar-refractivity contribution in [3.8, 4) is 0 Å². The molecule has 2 aliphatic rings. The molecule has 1 aliphatic carbocycles. The first-order valence-electron chi connectivity index (χ1n) is 8.05. The molecule has 0 fully saturated rings. The number of ketones is 1. The molecule has 124 valence electrons. The Hall–Kier alpha value is -2.14. The molecule has 24 heavy (non-hydrogen) atoms. The van der Waals surface area contributed by atoms with Gasteiger partial charge in [-0.15, -0.1) is 0 Å². The number of fused-ring (bicyclic) bond motifs is 2. The Morgan fingerprint density at radius 2 is 2.17 bits per heavy atom. The summed E-state index contributed by atoms with van der Waals surface area (Å²) < 4.78 is 1.82. The number of aromatic nitrogens is 3. The van der Waals surface area contributed by atoms with E-state index in [1.807, 2.05) is 35.9 Å². The number of rotatable bonds is 1. The van der Waals surface area contributed by atoms with E-state index in [2.05, 4.69) is 35.3 Å². The van der Waals surface area contributed by atoms with Crippen LogP contribution in [0.2, 0.25) is 5.02 Å². The molecule has 2 aromatic rings. The monoisotopic (exact) mass is 342 g/mol. The molecule has 0 radical (unpaired) electrons. The van der Waals surface area contributed by atoms with Crippen LogP contribution in [0.5, 0.6) is 0 Å². The Morgan fingerprint density at radius 3 is 2.92 bits per heavy atom. The Balaban J connectivity index is 1.93. The van der Waals surface area contributed by atoms with Crippen LogP contribution in [0.25, 0.3) is 0 Å². The van der Waals surface area contributed by atoms with Crippen LogP contribution >= 0.6 is 11.6 Å². The third-order valence-electron chi connectivity index (χ3n) is 4.62. The Bertz CT molecular complexity index is 868. The van der Waals surface area contributed by atoms with Gasteiger partial charge in [0.25, 0.3) is 0 Å². The molecule has 0 saturated heterocycles. The maximum absolute atomic E-state index is 13.0. The van der Waals surface area contributed by atoms with Crippen molar-refractivity contribution in [3.63, 3.8) is 0 Å². The van der Waals surface area contributed by atoms with Gasteiger partial charge in [0.2, 0.25) is 5.95 Å². The van der Waals surface area contributed by atoms with Crippen LogP contribution in [0, 0.1) is 18.3 Å². The lowest BCUT2D eigenvalue weighted by Gasteiger charge is -2.40. The second-order valence-electron chi connectivity index (χ2n) is 7.26. The summed E-state index contributed by atoms with van der Waals surface area (Å²) in [6.45, 7) is 6.01. The number of anilines is 1. The van der Waals surface area contributed by atoms with Gasteiger partial charge in [0.05, 0.1) is 12.0 Å². The first kappa shape index (κ1) is 15.4. The lowest BCUT2D eigenvalue weighted by atomic mass is 9.72. The van der Waals surface area contributed by atoms with Crippen molar-refractivity contribution in [2.24, 2.45) is 11.3 Å². The number of carbonyl (C=O) groups excluding carboxylic acids is 1. The number of hydrogen-bond donors (Lipinski definition) is 1. The van der Waals surface area contributed by atoms with Gasteiger partial charge in [0.1, 0.15) is 11.6 Å².